The van der Waals surface area contributed by atoms with Crippen LogP contribution in [0.1, 0.15) is 26.3 Å². The molecule has 0 saturated heterocycles. The van der Waals surface area contributed by atoms with E-state index in [1.54, 1.807) is 7.11 Å². The molecule has 25 heavy (non-hydrogen) atoms. The van der Waals surface area contributed by atoms with Crippen molar-refractivity contribution in [1.82, 2.24) is 5.32 Å². The number of carbonyl (C=O) groups excluding carboxylic acids is 1. The molecule has 0 bridgehead atoms. The Bertz CT molecular complexity index is 694. The molecule has 1 atom stereocenters. The SMILES string of the molecule is COc1cccc(-c2ccc(CNC(=O)[C@@H](N)C(C)(C)C)cc2)c1.Cl. The number of amides is 1. The first kappa shape index (κ1) is 21.0. The first-order chi connectivity index (χ1) is 11.3. The van der Waals surface area contributed by atoms with Crippen molar-refractivity contribution in [2.75, 3.05) is 7.11 Å². The van der Waals surface area contributed by atoms with Crippen LogP contribution in [0, 0.1) is 5.41 Å². The van der Waals surface area contributed by atoms with Crippen molar-refractivity contribution >= 4 is 18.3 Å². The first-order valence-electron chi connectivity index (χ1n) is 8.08. The zero-order valence-electron chi connectivity index (χ0n) is 15.2. The van der Waals surface area contributed by atoms with E-state index >= 15 is 0 Å². The van der Waals surface area contributed by atoms with Gasteiger partial charge in [-0.15, -0.1) is 12.4 Å². The van der Waals surface area contributed by atoms with Gasteiger partial charge in [0.25, 0.3) is 0 Å². The third-order valence-corrected chi connectivity index (χ3v) is 4.04. The molecule has 0 aliphatic carbocycles. The molecular formula is C20H27ClN2O2. The van der Waals surface area contributed by atoms with Gasteiger partial charge in [-0.1, -0.05) is 57.2 Å². The molecule has 2 rings (SSSR count). The molecule has 0 aromatic heterocycles. The van der Waals surface area contributed by atoms with Crippen molar-refractivity contribution in [2.45, 2.75) is 33.4 Å². The average Bonchev–Trinajstić information content (AvgIpc) is 2.58. The van der Waals surface area contributed by atoms with E-state index in [1.807, 2.05) is 69.3 Å². The summed E-state index contributed by atoms with van der Waals surface area (Å²) in [7, 11) is 1.66. The highest BCUT2D eigenvalue weighted by atomic mass is 35.5. The predicted molar refractivity (Wildman–Crippen MR) is 105 cm³/mol. The second-order valence-electron chi connectivity index (χ2n) is 6.99. The molecule has 0 aliphatic heterocycles. The van der Waals surface area contributed by atoms with Crippen LogP contribution in [0.4, 0.5) is 0 Å². The second kappa shape index (κ2) is 8.88. The van der Waals surface area contributed by atoms with E-state index in [4.69, 9.17) is 10.5 Å². The fraction of sp³-hybridized carbons (Fsp3) is 0.350. The maximum absolute atomic E-state index is 12.1. The summed E-state index contributed by atoms with van der Waals surface area (Å²) in [6, 6.07) is 15.5. The van der Waals surface area contributed by atoms with E-state index in [1.165, 1.54) is 0 Å². The monoisotopic (exact) mass is 362 g/mol. The Morgan fingerprint density at radius 2 is 1.76 bits per heavy atom. The van der Waals surface area contributed by atoms with Gasteiger partial charge in [-0.2, -0.15) is 0 Å². The topological polar surface area (TPSA) is 64.3 Å². The highest BCUT2D eigenvalue weighted by Gasteiger charge is 2.26. The van der Waals surface area contributed by atoms with Gasteiger partial charge in [0.15, 0.2) is 0 Å². The second-order valence-corrected chi connectivity index (χ2v) is 6.99. The molecular weight excluding hydrogens is 336 g/mol. The summed E-state index contributed by atoms with van der Waals surface area (Å²) in [5, 5.41) is 2.90. The zero-order chi connectivity index (χ0) is 17.7. The Labute approximate surface area is 156 Å². The van der Waals surface area contributed by atoms with Crippen LogP contribution in [-0.2, 0) is 11.3 Å². The molecule has 0 aliphatic rings. The minimum Gasteiger partial charge on any atom is -0.497 e. The zero-order valence-corrected chi connectivity index (χ0v) is 16.0. The summed E-state index contributed by atoms with van der Waals surface area (Å²) in [5.74, 6) is 0.708. The van der Waals surface area contributed by atoms with E-state index in [2.05, 4.69) is 5.32 Å². The van der Waals surface area contributed by atoms with E-state index in [0.29, 0.717) is 6.54 Å². The number of nitrogens with one attached hydrogen (secondary N) is 1. The predicted octanol–water partition coefficient (Wildman–Crippen LogP) is 3.77. The highest BCUT2D eigenvalue weighted by Crippen LogP contribution is 2.24. The van der Waals surface area contributed by atoms with Gasteiger partial charge in [-0.25, -0.2) is 0 Å². The summed E-state index contributed by atoms with van der Waals surface area (Å²) < 4.78 is 5.26. The van der Waals surface area contributed by atoms with Crippen LogP contribution in [0.2, 0.25) is 0 Å². The number of nitrogens with two attached hydrogens (primary N) is 1. The lowest BCUT2D eigenvalue weighted by Gasteiger charge is -2.25. The molecule has 2 aromatic carbocycles. The van der Waals surface area contributed by atoms with E-state index < -0.39 is 6.04 Å². The molecule has 0 saturated carbocycles. The third-order valence-electron chi connectivity index (χ3n) is 4.04. The van der Waals surface area contributed by atoms with Gasteiger partial charge < -0.3 is 15.8 Å². The highest BCUT2D eigenvalue weighted by molar-refractivity contribution is 5.85. The van der Waals surface area contributed by atoms with Crippen molar-refractivity contribution in [3.05, 3.63) is 54.1 Å². The van der Waals surface area contributed by atoms with Gasteiger partial charge in [0.2, 0.25) is 5.91 Å². The van der Waals surface area contributed by atoms with Gasteiger partial charge in [0.05, 0.1) is 13.2 Å². The summed E-state index contributed by atoms with van der Waals surface area (Å²) >= 11 is 0. The molecule has 5 heteroatoms. The van der Waals surface area contributed by atoms with Crippen LogP contribution in [0.5, 0.6) is 5.75 Å². The van der Waals surface area contributed by atoms with Crippen molar-refractivity contribution in [3.8, 4) is 16.9 Å². The van der Waals surface area contributed by atoms with Crippen LogP contribution < -0.4 is 15.8 Å². The average molecular weight is 363 g/mol. The maximum Gasteiger partial charge on any atom is 0.237 e. The summed E-state index contributed by atoms with van der Waals surface area (Å²) in [4.78, 5) is 12.1. The summed E-state index contributed by atoms with van der Waals surface area (Å²) in [5.41, 5.74) is 8.95. The first-order valence-corrected chi connectivity index (χ1v) is 8.08. The largest absolute Gasteiger partial charge is 0.497 e. The molecule has 2 aromatic rings. The van der Waals surface area contributed by atoms with Gasteiger partial charge >= 0.3 is 0 Å². The minimum absolute atomic E-state index is 0. The van der Waals surface area contributed by atoms with Crippen molar-refractivity contribution < 1.29 is 9.53 Å². The molecule has 1 amide bonds. The number of methoxy groups -OCH3 is 1. The molecule has 0 unspecified atom stereocenters. The van der Waals surface area contributed by atoms with Gasteiger partial charge in [-0.3, -0.25) is 4.79 Å². The maximum atomic E-state index is 12.1. The lowest BCUT2D eigenvalue weighted by molar-refractivity contribution is -0.124. The summed E-state index contributed by atoms with van der Waals surface area (Å²) in [6.45, 7) is 6.35. The number of benzene rings is 2. The number of carbonyl (C=O) groups is 1. The van der Waals surface area contributed by atoms with Crippen molar-refractivity contribution in [2.24, 2.45) is 11.1 Å². The van der Waals surface area contributed by atoms with E-state index in [9.17, 15) is 4.79 Å². The molecule has 0 fully saturated rings. The van der Waals surface area contributed by atoms with Gasteiger partial charge in [-0.05, 0) is 34.2 Å². The van der Waals surface area contributed by atoms with Crippen LogP contribution in [0.3, 0.4) is 0 Å². The lowest BCUT2D eigenvalue weighted by Crippen LogP contribution is -2.48. The third kappa shape index (κ3) is 5.76. The number of ether oxygens (including phenoxy) is 1. The Morgan fingerprint density at radius 1 is 1.12 bits per heavy atom. The fourth-order valence-corrected chi connectivity index (χ4v) is 2.31. The van der Waals surface area contributed by atoms with Crippen molar-refractivity contribution in [3.63, 3.8) is 0 Å². The standard InChI is InChI=1S/C20H26N2O2.ClH/c1-20(2,3)18(21)19(23)22-13-14-8-10-15(11-9-14)16-6-5-7-17(12-16)24-4;/h5-12,18H,13,21H2,1-4H3,(H,22,23);1H/t18-;/m1./s1. The molecule has 0 heterocycles. The quantitative estimate of drug-likeness (QED) is 0.850. The molecule has 0 spiro atoms. The van der Waals surface area contributed by atoms with Crippen LogP contribution in [0.25, 0.3) is 11.1 Å². The molecule has 4 nitrogen and oxygen atoms in total. The number of hydrogen-bond acceptors (Lipinski definition) is 3. The number of hydrogen-bond donors (Lipinski definition) is 2. The van der Waals surface area contributed by atoms with Gasteiger partial charge in [0.1, 0.15) is 5.75 Å². The number of halogens is 1. The Kier molecular flexibility index (Phi) is 7.46. The lowest BCUT2D eigenvalue weighted by atomic mass is 9.87. The number of rotatable bonds is 5. The van der Waals surface area contributed by atoms with Crippen LogP contribution >= 0.6 is 12.4 Å². The molecule has 136 valence electrons. The van der Waals surface area contributed by atoms with Crippen LogP contribution in [-0.4, -0.2) is 19.1 Å². The van der Waals surface area contributed by atoms with Crippen LogP contribution in [0.15, 0.2) is 48.5 Å². The van der Waals surface area contributed by atoms with Gasteiger partial charge in [0, 0.05) is 6.54 Å². The molecule has 3 N–H and O–H groups in total. The Hall–Kier alpha value is -2.04. The minimum atomic E-state index is -0.520. The fourth-order valence-electron chi connectivity index (χ4n) is 2.31. The summed E-state index contributed by atoms with van der Waals surface area (Å²) in [6.07, 6.45) is 0. The normalized spacial score (nSPS) is 12.0. The van der Waals surface area contributed by atoms with E-state index in [-0.39, 0.29) is 23.7 Å². The Morgan fingerprint density at radius 3 is 2.32 bits per heavy atom. The smallest absolute Gasteiger partial charge is 0.237 e. The molecule has 0 radical (unpaired) electrons. The van der Waals surface area contributed by atoms with E-state index in [0.717, 1.165) is 22.4 Å². The van der Waals surface area contributed by atoms with Crippen molar-refractivity contribution in [1.29, 1.82) is 0 Å². The Balaban J connectivity index is 0.00000312.